The Morgan fingerprint density at radius 3 is 2.58 bits per heavy atom. The summed E-state index contributed by atoms with van der Waals surface area (Å²) in [7, 11) is 1.86. The fourth-order valence-corrected chi connectivity index (χ4v) is 2.88. The maximum atomic E-state index is 12.5. The predicted molar refractivity (Wildman–Crippen MR) is 100 cm³/mol. The van der Waals surface area contributed by atoms with Crippen molar-refractivity contribution in [3.8, 4) is 0 Å². The Balaban J connectivity index is 2.41. The molecule has 0 aliphatic rings. The van der Waals surface area contributed by atoms with Crippen molar-refractivity contribution in [1.29, 1.82) is 0 Å². The number of hydrogen-bond acceptors (Lipinski definition) is 4. The fraction of sp³-hybridized carbons (Fsp3) is 0.684. The van der Waals surface area contributed by atoms with E-state index in [4.69, 9.17) is 5.11 Å². The highest BCUT2D eigenvalue weighted by Gasteiger charge is 2.10. The molecule has 0 unspecified atom stereocenters. The zero-order valence-electron chi connectivity index (χ0n) is 15.8. The topological polar surface area (TPSA) is 65.5 Å². The molecule has 0 aromatic carbocycles. The quantitative estimate of drug-likeness (QED) is 0.487. The van der Waals surface area contributed by atoms with E-state index in [1.54, 1.807) is 0 Å². The highest BCUT2D eigenvalue weighted by molar-refractivity contribution is 5.66. The Kier molecular flexibility index (Phi) is 10.8. The fourth-order valence-electron chi connectivity index (χ4n) is 2.88. The zero-order chi connectivity index (χ0) is 19.4. The number of alkyl halides is 2. The normalized spacial score (nSPS) is 11.3. The lowest BCUT2D eigenvalue weighted by Gasteiger charge is -2.21. The summed E-state index contributed by atoms with van der Waals surface area (Å²) in [6, 6.07) is 4.14. The second-order valence-corrected chi connectivity index (χ2v) is 6.39. The number of halogens is 2. The van der Waals surface area contributed by atoms with Crippen LogP contribution in [0.15, 0.2) is 12.1 Å². The van der Waals surface area contributed by atoms with Crippen molar-refractivity contribution >= 4 is 11.8 Å². The molecular formula is C19H31F2N3O2. The lowest BCUT2D eigenvalue weighted by atomic mass is 10.1. The van der Waals surface area contributed by atoms with Gasteiger partial charge in [0, 0.05) is 32.1 Å². The number of carboxylic acids is 1. The SMILES string of the molecule is CCc1ccc(CCCCN(CCCC(=O)O)CCC(F)F)nc1NC. The second-order valence-electron chi connectivity index (χ2n) is 6.39. The summed E-state index contributed by atoms with van der Waals surface area (Å²) in [5, 5.41) is 11.8. The van der Waals surface area contributed by atoms with Crippen molar-refractivity contribution in [2.24, 2.45) is 0 Å². The molecule has 0 amide bonds. The van der Waals surface area contributed by atoms with Crippen LogP contribution in [0, 0.1) is 0 Å². The molecule has 5 nitrogen and oxygen atoms in total. The van der Waals surface area contributed by atoms with Crippen LogP contribution in [0.1, 0.15) is 50.3 Å². The minimum absolute atomic E-state index is 0.0751. The van der Waals surface area contributed by atoms with Crippen molar-refractivity contribution in [2.45, 2.75) is 58.3 Å². The standard InChI is InChI=1S/C19H31F2N3O2/c1-3-15-9-10-16(23-19(15)22-2)7-4-5-12-24(14-11-17(20)21)13-6-8-18(25)26/h9-10,17H,3-8,11-14H2,1-2H3,(H,22,23)(H,25,26). The van der Waals surface area contributed by atoms with Gasteiger partial charge in [0.2, 0.25) is 6.43 Å². The number of aromatic nitrogens is 1. The highest BCUT2D eigenvalue weighted by Crippen LogP contribution is 2.15. The first-order valence-corrected chi connectivity index (χ1v) is 9.35. The maximum absolute atomic E-state index is 12.5. The minimum atomic E-state index is -2.32. The number of rotatable bonds is 14. The molecule has 1 aromatic rings. The van der Waals surface area contributed by atoms with Crippen LogP contribution in [-0.2, 0) is 17.6 Å². The molecule has 0 aliphatic heterocycles. The van der Waals surface area contributed by atoms with Crippen molar-refractivity contribution in [3.63, 3.8) is 0 Å². The van der Waals surface area contributed by atoms with Gasteiger partial charge in [-0.05, 0) is 56.8 Å². The number of unbranched alkanes of at least 4 members (excludes halogenated alkanes) is 1. The molecule has 0 fully saturated rings. The molecule has 0 bridgehead atoms. The number of nitrogens with one attached hydrogen (secondary N) is 1. The van der Waals surface area contributed by atoms with Crippen LogP contribution in [0.3, 0.4) is 0 Å². The molecule has 0 radical (unpaired) electrons. The molecule has 0 spiro atoms. The van der Waals surface area contributed by atoms with E-state index in [9.17, 15) is 13.6 Å². The van der Waals surface area contributed by atoms with Crippen molar-refractivity contribution in [1.82, 2.24) is 9.88 Å². The molecule has 2 N–H and O–H groups in total. The Morgan fingerprint density at radius 2 is 1.96 bits per heavy atom. The second kappa shape index (κ2) is 12.6. The Labute approximate surface area is 154 Å². The number of anilines is 1. The highest BCUT2D eigenvalue weighted by atomic mass is 19.3. The van der Waals surface area contributed by atoms with Crippen molar-refractivity contribution < 1.29 is 18.7 Å². The summed E-state index contributed by atoms with van der Waals surface area (Å²) >= 11 is 0. The summed E-state index contributed by atoms with van der Waals surface area (Å²) in [4.78, 5) is 17.2. The van der Waals surface area contributed by atoms with Gasteiger partial charge >= 0.3 is 5.97 Å². The molecule has 26 heavy (non-hydrogen) atoms. The van der Waals surface area contributed by atoms with E-state index in [1.807, 2.05) is 18.0 Å². The van der Waals surface area contributed by atoms with Gasteiger partial charge < -0.3 is 15.3 Å². The third-order valence-electron chi connectivity index (χ3n) is 4.34. The van der Waals surface area contributed by atoms with Gasteiger partial charge in [0.05, 0.1) is 0 Å². The summed E-state index contributed by atoms with van der Waals surface area (Å²) < 4.78 is 24.9. The Hall–Kier alpha value is -1.76. The minimum Gasteiger partial charge on any atom is -0.481 e. The van der Waals surface area contributed by atoms with Crippen LogP contribution in [0.2, 0.25) is 0 Å². The summed E-state index contributed by atoms with van der Waals surface area (Å²) in [6.07, 6.45) is 1.65. The largest absolute Gasteiger partial charge is 0.481 e. The molecule has 0 saturated carbocycles. The van der Waals surface area contributed by atoms with Crippen molar-refractivity contribution in [2.75, 3.05) is 32.0 Å². The molecule has 0 atom stereocenters. The zero-order valence-corrected chi connectivity index (χ0v) is 15.8. The number of pyridine rings is 1. The van der Waals surface area contributed by atoms with E-state index >= 15 is 0 Å². The lowest BCUT2D eigenvalue weighted by Crippen LogP contribution is -2.29. The Morgan fingerprint density at radius 1 is 1.23 bits per heavy atom. The van der Waals surface area contributed by atoms with Gasteiger partial charge in [0.1, 0.15) is 5.82 Å². The van der Waals surface area contributed by atoms with E-state index in [0.29, 0.717) is 26.1 Å². The average molecular weight is 371 g/mol. The monoisotopic (exact) mass is 371 g/mol. The van der Waals surface area contributed by atoms with E-state index in [-0.39, 0.29) is 12.8 Å². The number of nitrogens with zero attached hydrogens (tertiary/aromatic N) is 2. The first-order valence-electron chi connectivity index (χ1n) is 9.35. The van der Waals surface area contributed by atoms with Gasteiger partial charge in [-0.3, -0.25) is 4.79 Å². The molecule has 0 aliphatic carbocycles. The molecule has 7 heteroatoms. The van der Waals surface area contributed by atoms with Crippen molar-refractivity contribution in [3.05, 3.63) is 23.4 Å². The van der Waals surface area contributed by atoms with Crippen LogP contribution in [-0.4, -0.2) is 54.1 Å². The number of aliphatic carboxylic acids is 1. The van der Waals surface area contributed by atoms with Gasteiger partial charge in [-0.25, -0.2) is 13.8 Å². The first kappa shape index (κ1) is 22.3. The maximum Gasteiger partial charge on any atom is 0.303 e. The summed E-state index contributed by atoms with van der Waals surface area (Å²) in [6.45, 7) is 3.66. The molecular weight excluding hydrogens is 340 g/mol. The molecule has 1 heterocycles. The molecule has 1 aromatic heterocycles. The van der Waals surface area contributed by atoms with Crippen LogP contribution in [0.5, 0.6) is 0 Å². The molecule has 148 valence electrons. The van der Waals surface area contributed by atoms with Crippen LogP contribution in [0.25, 0.3) is 0 Å². The van der Waals surface area contributed by atoms with Gasteiger partial charge in [-0.2, -0.15) is 0 Å². The van der Waals surface area contributed by atoms with Crippen LogP contribution < -0.4 is 5.32 Å². The van der Waals surface area contributed by atoms with Gasteiger partial charge in [0.15, 0.2) is 0 Å². The average Bonchev–Trinajstić information content (AvgIpc) is 2.61. The van der Waals surface area contributed by atoms with Gasteiger partial charge in [0.25, 0.3) is 0 Å². The molecule has 0 saturated heterocycles. The van der Waals surface area contributed by atoms with Crippen LogP contribution in [0.4, 0.5) is 14.6 Å². The van der Waals surface area contributed by atoms with E-state index in [2.05, 4.69) is 23.3 Å². The van der Waals surface area contributed by atoms with E-state index in [1.165, 1.54) is 5.56 Å². The van der Waals surface area contributed by atoms with E-state index < -0.39 is 12.4 Å². The number of carbonyl (C=O) groups is 1. The number of hydrogen-bond donors (Lipinski definition) is 2. The lowest BCUT2D eigenvalue weighted by molar-refractivity contribution is -0.137. The molecule has 1 rings (SSSR count). The smallest absolute Gasteiger partial charge is 0.303 e. The first-order chi connectivity index (χ1) is 12.5. The summed E-state index contributed by atoms with van der Waals surface area (Å²) in [5.74, 6) is 0.0676. The number of carboxylic acid groups (broad SMARTS) is 1. The summed E-state index contributed by atoms with van der Waals surface area (Å²) in [5.41, 5.74) is 2.21. The number of aryl methyl sites for hydroxylation is 2. The third kappa shape index (κ3) is 9.08. The van der Waals surface area contributed by atoms with Gasteiger partial charge in [-0.15, -0.1) is 0 Å². The van der Waals surface area contributed by atoms with Crippen LogP contribution >= 0.6 is 0 Å². The third-order valence-corrected chi connectivity index (χ3v) is 4.34. The van der Waals surface area contributed by atoms with E-state index in [0.717, 1.165) is 37.2 Å². The Bertz CT molecular complexity index is 542. The van der Waals surface area contributed by atoms with Gasteiger partial charge in [-0.1, -0.05) is 13.0 Å². The predicted octanol–water partition coefficient (Wildman–Crippen LogP) is 3.83.